The smallest absolute Gasteiger partial charge is 0.306 e. The van der Waals surface area contributed by atoms with Gasteiger partial charge in [-0.2, -0.15) is 0 Å². The summed E-state index contributed by atoms with van der Waals surface area (Å²) in [6, 6.07) is 4.46. The Hall–Kier alpha value is -1.95. The number of hydrogen-bond donors (Lipinski definition) is 0. The van der Waals surface area contributed by atoms with Gasteiger partial charge in [-0.05, 0) is 47.8 Å². The van der Waals surface area contributed by atoms with E-state index in [9.17, 15) is 9.18 Å². The van der Waals surface area contributed by atoms with Crippen LogP contribution in [-0.2, 0) is 9.53 Å². The number of thioether (sulfide) groups is 1. The molecule has 6 heteroatoms. The Kier molecular flexibility index (Phi) is 6.53. The summed E-state index contributed by atoms with van der Waals surface area (Å²) < 4.78 is 18.4. The number of carbonyl (C=O) groups is 1. The van der Waals surface area contributed by atoms with Crippen LogP contribution in [0.5, 0.6) is 0 Å². The summed E-state index contributed by atoms with van der Waals surface area (Å²) in [5.74, 6) is -0.534. The van der Waals surface area contributed by atoms with E-state index in [4.69, 9.17) is 4.74 Å². The molecule has 0 saturated carbocycles. The van der Waals surface area contributed by atoms with Crippen LogP contribution in [0.3, 0.4) is 0 Å². The van der Waals surface area contributed by atoms with E-state index in [0.717, 1.165) is 17.7 Å². The minimum atomic E-state index is -0.322. The Morgan fingerprint density at radius 2 is 2.00 bits per heavy atom. The summed E-state index contributed by atoms with van der Waals surface area (Å²) in [7, 11) is 1.41. The number of halogens is 1. The van der Waals surface area contributed by atoms with E-state index in [-0.39, 0.29) is 17.2 Å². The van der Waals surface area contributed by atoms with Gasteiger partial charge in [0.1, 0.15) is 17.2 Å². The predicted molar refractivity (Wildman–Crippen MR) is 98.8 cm³/mol. The number of benzene rings is 1. The number of rotatable bonds is 8. The number of fused-ring (bicyclic) bond motifs is 1. The Morgan fingerprint density at radius 1 is 1.28 bits per heavy atom. The zero-order valence-corrected chi connectivity index (χ0v) is 15.7. The third-order valence-corrected chi connectivity index (χ3v) is 5.57. The van der Waals surface area contributed by atoms with Gasteiger partial charge in [-0.1, -0.05) is 32.2 Å². The van der Waals surface area contributed by atoms with Gasteiger partial charge in [-0.3, -0.25) is 4.79 Å². The van der Waals surface area contributed by atoms with Crippen LogP contribution < -0.4 is 0 Å². The maximum atomic E-state index is 13.6. The van der Waals surface area contributed by atoms with Crippen molar-refractivity contribution in [1.29, 1.82) is 0 Å². The molecule has 0 N–H and O–H groups in total. The van der Waals surface area contributed by atoms with Crippen molar-refractivity contribution < 1.29 is 13.9 Å². The van der Waals surface area contributed by atoms with Gasteiger partial charge in [-0.25, -0.2) is 14.4 Å². The highest BCUT2D eigenvalue weighted by molar-refractivity contribution is 8.03. The molecule has 0 spiro atoms. The standard InChI is InChI=1S/C19H23FN2O2S/c1-5-19(6-2,11-17(23)24-4)10-13(3)25-18-15-9-14(20)7-8-16(15)21-12-22-18/h7-9,12H,3,5-6,10-11H2,1-2,4H3. The van der Waals surface area contributed by atoms with Crippen molar-refractivity contribution in [2.75, 3.05) is 7.11 Å². The third-order valence-electron chi connectivity index (χ3n) is 4.62. The number of methoxy groups -OCH3 is 1. The van der Waals surface area contributed by atoms with Crippen molar-refractivity contribution in [3.8, 4) is 0 Å². The lowest BCUT2D eigenvalue weighted by Gasteiger charge is -2.31. The first-order valence-electron chi connectivity index (χ1n) is 8.25. The van der Waals surface area contributed by atoms with Crippen LogP contribution in [-0.4, -0.2) is 23.0 Å². The lowest BCUT2D eigenvalue weighted by Crippen LogP contribution is -2.24. The molecule has 0 aliphatic carbocycles. The van der Waals surface area contributed by atoms with E-state index >= 15 is 0 Å². The first-order valence-corrected chi connectivity index (χ1v) is 9.07. The largest absolute Gasteiger partial charge is 0.469 e. The normalized spacial score (nSPS) is 11.5. The minimum Gasteiger partial charge on any atom is -0.469 e. The molecule has 1 heterocycles. The van der Waals surface area contributed by atoms with Crippen LogP contribution in [0.1, 0.15) is 39.5 Å². The van der Waals surface area contributed by atoms with Gasteiger partial charge < -0.3 is 4.74 Å². The molecule has 0 aliphatic rings. The summed E-state index contributed by atoms with van der Waals surface area (Å²) in [4.78, 5) is 21.1. The van der Waals surface area contributed by atoms with Crippen LogP contribution in [0.15, 0.2) is 41.0 Å². The molecule has 0 radical (unpaired) electrons. The molecule has 25 heavy (non-hydrogen) atoms. The zero-order chi connectivity index (χ0) is 18.4. The maximum Gasteiger partial charge on any atom is 0.306 e. The quantitative estimate of drug-likeness (QED) is 0.370. The number of esters is 1. The lowest BCUT2D eigenvalue weighted by molar-refractivity contribution is -0.143. The van der Waals surface area contributed by atoms with Gasteiger partial charge in [0.05, 0.1) is 19.0 Å². The Morgan fingerprint density at radius 3 is 2.64 bits per heavy atom. The van der Waals surface area contributed by atoms with Crippen LogP contribution >= 0.6 is 11.8 Å². The highest BCUT2D eigenvalue weighted by atomic mass is 32.2. The van der Waals surface area contributed by atoms with Crippen LogP contribution in [0.4, 0.5) is 4.39 Å². The third kappa shape index (κ3) is 4.78. The van der Waals surface area contributed by atoms with Gasteiger partial charge in [-0.15, -0.1) is 0 Å². The minimum absolute atomic E-state index is 0.189. The van der Waals surface area contributed by atoms with Crippen molar-refractivity contribution in [1.82, 2.24) is 9.97 Å². The second kappa shape index (κ2) is 8.43. The van der Waals surface area contributed by atoms with Crippen molar-refractivity contribution in [2.24, 2.45) is 5.41 Å². The summed E-state index contributed by atoms with van der Waals surface area (Å²) >= 11 is 1.41. The van der Waals surface area contributed by atoms with Crippen LogP contribution in [0.2, 0.25) is 0 Å². The first kappa shape index (κ1) is 19.4. The number of allylic oxidation sites excluding steroid dienone is 1. The van der Waals surface area contributed by atoms with E-state index in [1.54, 1.807) is 6.07 Å². The molecule has 0 aliphatic heterocycles. The zero-order valence-electron chi connectivity index (χ0n) is 14.8. The molecule has 0 fully saturated rings. The Bertz CT molecular complexity index is 775. The van der Waals surface area contributed by atoms with Crippen LogP contribution in [0.25, 0.3) is 10.9 Å². The van der Waals surface area contributed by atoms with Gasteiger partial charge in [0.25, 0.3) is 0 Å². The number of carbonyl (C=O) groups excluding carboxylic acids is 1. The maximum absolute atomic E-state index is 13.6. The molecule has 0 bridgehead atoms. The fraction of sp³-hybridized carbons (Fsp3) is 0.421. The Balaban J connectivity index is 2.21. The summed E-state index contributed by atoms with van der Waals surface area (Å²) in [5, 5.41) is 1.34. The van der Waals surface area contributed by atoms with E-state index in [2.05, 4.69) is 30.4 Å². The molecular formula is C19H23FN2O2S. The molecule has 0 unspecified atom stereocenters. The van der Waals surface area contributed by atoms with Crippen LogP contribution in [0, 0.1) is 11.2 Å². The highest BCUT2D eigenvalue weighted by Crippen LogP contribution is 2.42. The molecule has 134 valence electrons. The molecule has 1 aromatic heterocycles. The second-order valence-electron chi connectivity index (χ2n) is 6.12. The molecule has 1 aromatic carbocycles. The molecular weight excluding hydrogens is 339 g/mol. The number of aromatic nitrogens is 2. The first-order chi connectivity index (χ1) is 11.9. The summed E-state index contributed by atoms with van der Waals surface area (Å²) in [6.45, 7) is 8.29. The average molecular weight is 362 g/mol. The van der Waals surface area contributed by atoms with E-state index in [1.165, 1.54) is 37.3 Å². The fourth-order valence-electron chi connectivity index (χ4n) is 2.87. The molecule has 0 atom stereocenters. The lowest BCUT2D eigenvalue weighted by atomic mass is 9.76. The van der Waals surface area contributed by atoms with Gasteiger partial charge in [0, 0.05) is 5.39 Å². The molecule has 4 nitrogen and oxygen atoms in total. The van der Waals surface area contributed by atoms with Crippen molar-refractivity contribution >= 4 is 28.6 Å². The van der Waals surface area contributed by atoms with Gasteiger partial charge in [0.15, 0.2) is 0 Å². The van der Waals surface area contributed by atoms with Crippen molar-refractivity contribution in [3.05, 3.63) is 41.8 Å². The summed E-state index contributed by atoms with van der Waals surface area (Å²) in [5.41, 5.74) is 0.504. The topological polar surface area (TPSA) is 52.1 Å². The SMILES string of the molecule is C=C(CC(CC)(CC)CC(=O)OC)Sc1ncnc2ccc(F)cc12. The number of hydrogen-bond acceptors (Lipinski definition) is 5. The number of ether oxygens (including phenoxy) is 1. The Labute approximate surface area is 151 Å². The molecule has 2 rings (SSSR count). The average Bonchev–Trinajstić information content (AvgIpc) is 2.61. The second-order valence-corrected chi connectivity index (χ2v) is 7.29. The predicted octanol–water partition coefficient (Wildman–Crippen LogP) is 5.13. The monoisotopic (exact) mass is 362 g/mol. The van der Waals surface area contributed by atoms with E-state index in [1.807, 2.05) is 0 Å². The fourth-order valence-corrected chi connectivity index (χ4v) is 3.89. The summed E-state index contributed by atoms with van der Waals surface area (Å²) in [6.07, 6.45) is 4.18. The van der Waals surface area contributed by atoms with Gasteiger partial charge in [0.2, 0.25) is 0 Å². The highest BCUT2D eigenvalue weighted by Gasteiger charge is 2.31. The molecule has 0 saturated heterocycles. The molecule has 0 amide bonds. The number of nitrogens with zero attached hydrogens (tertiary/aromatic N) is 2. The van der Waals surface area contributed by atoms with E-state index in [0.29, 0.717) is 28.8 Å². The van der Waals surface area contributed by atoms with Gasteiger partial charge >= 0.3 is 5.97 Å². The molecule has 2 aromatic rings. The van der Waals surface area contributed by atoms with Crippen molar-refractivity contribution in [2.45, 2.75) is 44.6 Å². The van der Waals surface area contributed by atoms with E-state index < -0.39 is 0 Å². The van der Waals surface area contributed by atoms with Crippen molar-refractivity contribution in [3.63, 3.8) is 0 Å².